The number of hydrogen-bond donors (Lipinski definition) is 1. The summed E-state index contributed by atoms with van der Waals surface area (Å²) in [6.07, 6.45) is 1.60. The Kier molecular flexibility index (Phi) is 1.63. The largest absolute Gasteiger partial charge is 0.329 e. The molecule has 2 rings (SSSR count). The summed E-state index contributed by atoms with van der Waals surface area (Å²) in [4.78, 5) is 13.8. The molecule has 0 atom stereocenters. The van der Waals surface area contributed by atoms with Gasteiger partial charge < -0.3 is 4.98 Å². The van der Waals surface area contributed by atoms with E-state index in [4.69, 9.17) is 0 Å². The summed E-state index contributed by atoms with van der Waals surface area (Å²) in [5, 5.41) is 1.41. The van der Waals surface area contributed by atoms with Gasteiger partial charge in [0.05, 0.1) is 9.86 Å². The van der Waals surface area contributed by atoms with Crippen LogP contribution in [0.2, 0.25) is 0 Å². The molecule has 0 fully saturated rings. The van der Waals surface area contributed by atoms with Crippen LogP contribution in [-0.4, -0.2) is 4.98 Å². The van der Waals surface area contributed by atoms with Gasteiger partial charge in [0.25, 0.3) is 5.56 Å². The minimum absolute atomic E-state index is 0.0987. The van der Waals surface area contributed by atoms with E-state index < -0.39 is 0 Å². The van der Waals surface area contributed by atoms with E-state index in [9.17, 15) is 4.79 Å². The van der Waals surface area contributed by atoms with Gasteiger partial charge in [-0.3, -0.25) is 4.79 Å². The van der Waals surface area contributed by atoms with Gasteiger partial charge in [0.1, 0.15) is 0 Å². The molecule has 0 spiro atoms. The lowest BCUT2D eigenvalue weighted by Gasteiger charge is -1.90. The van der Waals surface area contributed by atoms with Crippen LogP contribution in [0, 0.1) is 12.1 Å². The Morgan fingerprint density at radius 2 is 2.25 bits per heavy atom. The molecule has 0 saturated heterocycles. The number of fused-ring (bicyclic) bond motifs is 1. The molecule has 1 heterocycles. The lowest BCUT2D eigenvalue weighted by molar-refractivity contribution is 1.28. The lowest BCUT2D eigenvalue weighted by atomic mass is 10.2. The molecule has 2 nitrogen and oxygen atoms in total. The van der Waals surface area contributed by atoms with Crippen LogP contribution >= 0.6 is 15.9 Å². The van der Waals surface area contributed by atoms with Gasteiger partial charge in [-0.05, 0) is 28.1 Å². The van der Waals surface area contributed by atoms with E-state index in [-0.39, 0.29) is 5.56 Å². The molecule has 1 aromatic heterocycles. The van der Waals surface area contributed by atoms with Crippen molar-refractivity contribution in [3.8, 4) is 0 Å². The number of rotatable bonds is 0. The molecule has 0 unspecified atom stereocenters. The first kappa shape index (κ1) is 7.38. The van der Waals surface area contributed by atoms with Crippen LogP contribution in [-0.2, 0) is 0 Å². The maximum atomic E-state index is 11.2. The van der Waals surface area contributed by atoms with Crippen molar-refractivity contribution in [2.45, 2.75) is 0 Å². The average Bonchev–Trinajstić information content (AvgIpc) is 2.07. The SMILES string of the molecule is O=c1[nH]ccc2c#cc(Br)cc12. The van der Waals surface area contributed by atoms with Crippen molar-refractivity contribution in [2.75, 3.05) is 0 Å². The molecule has 2 aromatic rings. The van der Waals surface area contributed by atoms with E-state index in [0.29, 0.717) is 5.39 Å². The van der Waals surface area contributed by atoms with Crippen molar-refractivity contribution < 1.29 is 0 Å². The first-order valence-electron chi connectivity index (χ1n) is 3.38. The molecule has 3 heteroatoms. The highest BCUT2D eigenvalue weighted by Crippen LogP contribution is 2.11. The van der Waals surface area contributed by atoms with Crippen molar-refractivity contribution in [3.05, 3.63) is 45.3 Å². The Bertz CT molecular complexity index is 475. The Morgan fingerprint density at radius 1 is 1.42 bits per heavy atom. The van der Waals surface area contributed by atoms with Crippen molar-refractivity contribution in [1.29, 1.82) is 0 Å². The normalized spacial score (nSPS) is 9.75. The van der Waals surface area contributed by atoms with Crippen LogP contribution in [0.1, 0.15) is 0 Å². The van der Waals surface area contributed by atoms with Crippen LogP contribution in [0.4, 0.5) is 0 Å². The molecule has 0 radical (unpaired) electrons. The third-order valence-electron chi connectivity index (χ3n) is 1.59. The van der Waals surface area contributed by atoms with Crippen molar-refractivity contribution >= 4 is 26.7 Å². The molecule has 0 saturated carbocycles. The van der Waals surface area contributed by atoms with Gasteiger partial charge in [0, 0.05) is 11.6 Å². The second kappa shape index (κ2) is 2.65. The first-order valence-corrected chi connectivity index (χ1v) is 4.17. The summed E-state index contributed by atoms with van der Waals surface area (Å²) in [6.45, 7) is 0. The van der Waals surface area contributed by atoms with Gasteiger partial charge in [-0.25, -0.2) is 0 Å². The molecule has 1 aromatic carbocycles. The van der Waals surface area contributed by atoms with E-state index in [1.165, 1.54) is 0 Å². The third kappa shape index (κ3) is 1.10. The molecule has 58 valence electrons. The number of pyridine rings is 1. The van der Waals surface area contributed by atoms with Gasteiger partial charge in [0.15, 0.2) is 0 Å². The number of nitrogens with one attached hydrogen (secondary N) is 1. The zero-order valence-corrected chi connectivity index (χ0v) is 7.60. The van der Waals surface area contributed by atoms with E-state index in [2.05, 4.69) is 33.0 Å². The van der Waals surface area contributed by atoms with Crippen LogP contribution in [0.15, 0.2) is 27.6 Å². The minimum Gasteiger partial charge on any atom is -0.329 e. The zero-order chi connectivity index (χ0) is 8.55. The highest BCUT2D eigenvalue weighted by atomic mass is 79.9. The number of halogens is 1. The summed E-state index contributed by atoms with van der Waals surface area (Å²) in [5.41, 5.74) is -0.0987. The Morgan fingerprint density at radius 3 is 3.08 bits per heavy atom. The van der Waals surface area contributed by atoms with Crippen LogP contribution in [0.3, 0.4) is 0 Å². The maximum Gasteiger partial charge on any atom is 0.256 e. The van der Waals surface area contributed by atoms with E-state index in [1.54, 1.807) is 18.3 Å². The van der Waals surface area contributed by atoms with Gasteiger partial charge in [-0.15, -0.1) is 0 Å². The highest BCUT2D eigenvalue weighted by molar-refractivity contribution is 9.10. The number of H-pyrrole nitrogens is 1. The van der Waals surface area contributed by atoms with Gasteiger partial charge in [-0.2, -0.15) is 0 Å². The number of aromatic nitrogens is 1. The van der Waals surface area contributed by atoms with Crippen molar-refractivity contribution in [1.82, 2.24) is 4.98 Å². The second-order valence-corrected chi connectivity index (χ2v) is 3.23. The molecule has 0 amide bonds. The monoisotopic (exact) mass is 221 g/mol. The fourth-order valence-corrected chi connectivity index (χ4v) is 1.36. The first-order chi connectivity index (χ1) is 5.77. The molecule has 0 aliphatic carbocycles. The smallest absolute Gasteiger partial charge is 0.256 e. The summed E-state index contributed by atoms with van der Waals surface area (Å²) in [6, 6.07) is 9.23. The Balaban J connectivity index is 2.98. The molecule has 0 aliphatic heterocycles. The van der Waals surface area contributed by atoms with Crippen molar-refractivity contribution in [2.24, 2.45) is 0 Å². The fourth-order valence-electron chi connectivity index (χ4n) is 1.03. The zero-order valence-electron chi connectivity index (χ0n) is 6.02. The molecule has 0 bridgehead atoms. The number of aromatic amines is 1. The topological polar surface area (TPSA) is 32.9 Å². The standard InChI is InChI=1S/C9H4BrNO/c10-7-2-1-6-3-4-11-9(12)8(6)5-7/h3-5H,(H,11,12). The maximum absolute atomic E-state index is 11.2. The van der Waals surface area contributed by atoms with Crippen LogP contribution in [0.5, 0.6) is 0 Å². The average molecular weight is 222 g/mol. The predicted molar refractivity (Wildman–Crippen MR) is 49.9 cm³/mol. The van der Waals surface area contributed by atoms with E-state index >= 15 is 0 Å². The lowest BCUT2D eigenvalue weighted by Crippen LogP contribution is -2.03. The Labute approximate surface area is 77.4 Å². The summed E-state index contributed by atoms with van der Waals surface area (Å²) >= 11 is 3.23. The quantitative estimate of drug-likeness (QED) is 0.725. The highest BCUT2D eigenvalue weighted by Gasteiger charge is 1.95. The second-order valence-electron chi connectivity index (χ2n) is 2.38. The van der Waals surface area contributed by atoms with Crippen molar-refractivity contribution in [3.63, 3.8) is 0 Å². The summed E-state index contributed by atoms with van der Waals surface area (Å²) < 4.78 is 0.742. The van der Waals surface area contributed by atoms with Gasteiger partial charge in [-0.1, -0.05) is 12.1 Å². The summed E-state index contributed by atoms with van der Waals surface area (Å²) in [5.74, 6) is 0. The third-order valence-corrected chi connectivity index (χ3v) is 2.01. The van der Waals surface area contributed by atoms with E-state index in [1.807, 2.05) is 0 Å². The van der Waals surface area contributed by atoms with Gasteiger partial charge >= 0.3 is 0 Å². The molecule has 12 heavy (non-hydrogen) atoms. The molecule has 0 aliphatic rings. The van der Waals surface area contributed by atoms with Gasteiger partial charge in [0.2, 0.25) is 0 Å². The molecular weight excluding hydrogens is 218 g/mol. The van der Waals surface area contributed by atoms with Crippen LogP contribution in [0.25, 0.3) is 10.8 Å². The Hall–Kier alpha value is -1.27. The van der Waals surface area contributed by atoms with Crippen LogP contribution < -0.4 is 5.56 Å². The minimum atomic E-state index is -0.0987. The molecule has 1 N–H and O–H groups in total. The predicted octanol–water partition coefficient (Wildman–Crippen LogP) is 1.89. The summed E-state index contributed by atoms with van der Waals surface area (Å²) in [7, 11) is 0. The van der Waals surface area contributed by atoms with E-state index in [0.717, 1.165) is 9.86 Å². The number of hydrogen-bond acceptors (Lipinski definition) is 1. The fraction of sp³-hybridized carbons (Fsp3) is 0. The molecular formula is C9H4BrNO.